The highest BCUT2D eigenvalue weighted by molar-refractivity contribution is 5.11. The van der Waals surface area contributed by atoms with Crippen molar-refractivity contribution in [3.63, 3.8) is 0 Å². The first-order valence-electron chi connectivity index (χ1n) is 5.44. The van der Waals surface area contributed by atoms with Crippen molar-refractivity contribution in [3.8, 4) is 0 Å². The Hall–Kier alpha value is -0.920. The molecule has 2 heterocycles. The topological polar surface area (TPSA) is 99.4 Å². The first-order chi connectivity index (χ1) is 8.15. The standard InChI is InChI=1S/C11H16O6/c12-5-7-8(13)9(14)10(15)11(17-7)6-3-1-2-4-16-6/h1-4,6-15H,5H2/t6?,7-,8-,9+,10+,11?/m1/s1. The maximum Gasteiger partial charge on any atom is 0.145 e. The third-order valence-electron chi connectivity index (χ3n) is 2.98. The fourth-order valence-electron chi connectivity index (χ4n) is 1.99. The number of rotatable bonds is 2. The van der Waals surface area contributed by atoms with E-state index in [1.807, 2.05) is 0 Å². The molecule has 2 aliphatic heterocycles. The fraction of sp³-hybridized carbons (Fsp3) is 0.636. The van der Waals surface area contributed by atoms with Gasteiger partial charge < -0.3 is 29.9 Å². The molecule has 6 atom stereocenters. The van der Waals surface area contributed by atoms with E-state index in [-0.39, 0.29) is 0 Å². The van der Waals surface area contributed by atoms with Crippen molar-refractivity contribution in [3.05, 3.63) is 24.5 Å². The van der Waals surface area contributed by atoms with E-state index in [4.69, 9.17) is 14.6 Å². The third kappa shape index (κ3) is 2.36. The molecule has 0 aromatic carbocycles. The Bertz CT molecular complexity index is 313. The summed E-state index contributed by atoms with van der Waals surface area (Å²) in [5, 5.41) is 38.1. The second-order valence-corrected chi connectivity index (χ2v) is 4.11. The minimum absolute atomic E-state index is 0.437. The van der Waals surface area contributed by atoms with Gasteiger partial charge in [-0.1, -0.05) is 6.08 Å². The van der Waals surface area contributed by atoms with Crippen LogP contribution in [0.3, 0.4) is 0 Å². The van der Waals surface area contributed by atoms with Gasteiger partial charge in [-0.15, -0.1) is 0 Å². The zero-order valence-corrected chi connectivity index (χ0v) is 9.09. The molecule has 2 unspecified atom stereocenters. The van der Waals surface area contributed by atoms with Gasteiger partial charge in [-0.05, 0) is 12.2 Å². The molecule has 6 heteroatoms. The zero-order chi connectivity index (χ0) is 12.4. The summed E-state index contributed by atoms with van der Waals surface area (Å²) in [6.07, 6.45) is 0.283. The van der Waals surface area contributed by atoms with Gasteiger partial charge in [0.1, 0.15) is 36.6 Å². The minimum atomic E-state index is -1.37. The van der Waals surface area contributed by atoms with E-state index < -0.39 is 43.2 Å². The molecule has 0 saturated carbocycles. The van der Waals surface area contributed by atoms with E-state index >= 15 is 0 Å². The number of allylic oxidation sites excluding steroid dienone is 2. The molecule has 1 fully saturated rings. The molecule has 1 saturated heterocycles. The predicted molar refractivity (Wildman–Crippen MR) is 56.9 cm³/mol. The minimum Gasteiger partial charge on any atom is -0.491 e. The third-order valence-corrected chi connectivity index (χ3v) is 2.98. The Labute approximate surface area is 98.4 Å². The van der Waals surface area contributed by atoms with E-state index in [1.54, 1.807) is 18.2 Å². The Morgan fingerprint density at radius 2 is 1.76 bits per heavy atom. The van der Waals surface area contributed by atoms with Crippen LogP contribution < -0.4 is 0 Å². The van der Waals surface area contributed by atoms with Crippen molar-refractivity contribution >= 4 is 0 Å². The predicted octanol–water partition coefficient (Wildman–Crippen LogP) is -1.70. The van der Waals surface area contributed by atoms with Gasteiger partial charge in [-0.2, -0.15) is 0 Å². The number of aliphatic hydroxyl groups excluding tert-OH is 4. The molecule has 96 valence electrons. The first-order valence-corrected chi connectivity index (χ1v) is 5.44. The van der Waals surface area contributed by atoms with E-state index in [0.717, 1.165) is 0 Å². The average molecular weight is 244 g/mol. The molecule has 17 heavy (non-hydrogen) atoms. The van der Waals surface area contributed by atoms with Gasteiger partial charge >= 0.3 is 0 Å². The van der Waals surface area contributed by atoms with Crippen molar-refractivity contribution in [2.75, 3.05) is 6.61 Å². The number of hydrogen-bond acceptors (Lipinski definition) is 6. The summed E-state index contributed by atoms with van der Waals surface area (Å²) >= 11 is 0. The van der Waals surface area contributed by atoms with E-state index in [9.17, 15) is 15.3 Å². The fourth-order valence-corrected chi connectivity index (χ4v) is 1.99. The van der Waals surface area contributed by atoms with Crippen LogP contribution >= 0.6 is 0 Å². The summed E-state index contributed by atoms with van der Waals surface area (Å²) in [5.74, 6) is 0. The van der Waals surface area contributed by atoms with Crippen LogP contribution in [0.4, 0.5) is 0 Å². The smallest absolute Gasteiger partial charge is 0.145 e. The Morgan fingerprint density at radius 3 is 2.35 bits per heavy atom. The van der Waals surface area contributed by atoms with E-state index in [1.165, 1.54) is 6.26 Å². The molecule has 0 aromatic rings. The van der Waals surface area contributed by atoms with Crippen molar-refractivity contribution in [2.45, 2.75) is 36.6 Å². The summed E-state index contributed by atoms with van der Waals surface area (Å²) in [6.45, 7) is -0.437. The van der Waals surface area contributed by atoms with Gasteiger partial charge in [0.2, 0.25) is 0 Å². The van der Waals surface area contributed by atoms with Crippen LogP contribution in [0.15, 0.2) is 24.5 Å². The van der Waals surface area contributed by atoms with E-state index in [0.29, 0.717) is 0 Å². The molecule has 2 aliphatic rings. The Balaban J connectivity index is 2.11. The average Bonchev–Trinajstić information content (AvgIpc) is 2.37. The monoisotopic (exact) mass is 244 g/mol. The van der Waals surface area contributed by atoms with Gasteiger partial charge in [0.15, 0.2) is 0 Å². The lowest BCUT2D eigenvalue weighted by atomic mass is 9.92. The lowest BCUT2D eigenvalue weighted by Gasteiger charge is -2.42. The summed E-state index contributed by atoms with van der Waals surface area (Å²) in [7, 11) is 0. The van der Waals surface area contributed by atoms with Crippen LogP contribution in [0.2, 0.25) is 0 Å². The van der Waals surface area contributed by atoms with Crippen molar-refractivity contribution in [1.82, 2.24) is 0 Å². The molecule has 4 N–H and O–H groups in total. The molecule has 0 amide bonds. The van der Waals surface area contributed by atoms with Gasteiger partial charge in [-0.3, -0.25) is 0 Å². The lowest BCUT2D eigenvalue weighted by molar-refractivity contribution is -0.244. The van der Waals surface area contributed by atoms with Crippen LogP contribution in [0, 0.1) is 0 Å². The second-order valence-electron chi connectivity index (χ2n) is 4.11. The summed E-state index contributed by atoms with van der Waals surface area (Å²) in [5.41, 5.74) is 0. The van der Waals surface area contributed by atoms with Crippen molar-refractivity contribution < 1.29 is 29.9 Å². The molecule has 0 spiro atoms. The van der Waals surface area contributed by atoms with Gasteiger partial charge in [0.05, 0.1) is 12.9 Å². The summed E-state index contributed by atoms with van der Waals surface area (Å²) in [6, 6.07) is 0. The molecular weight excluding hydrogens is 228 g/mol. The molecule has 0 aliphatic carbocycles. The van der Waals surface area contributed by atoms with Gasteiger partial charge in [-0.25, -0.2) is 0 Å². The maximum absolute atomic E-state index is 9.82. The number of ether oxygens (including phenoxy) is 2. The normalized spacial score (nSPS) is 45.6. The number of aliphatic hydroxyl groups is 4. The van der Waals surface area contributed by atoms with Crippen LogP contribution in [0.5, 0.6) is 0 Å². The van der Waals surface area contributed by atoms with Gasteiger partial charge in [0, 0.05) is 0 Å². The molecule has 0 aromatic heterocycles. The lowest BCUT2D eigenvalue weighted by Crippen LogP contribution is -2.61. The molecular formula is C11H16O6. The highest BCUT2D eigenvalue weighted by Crippen LogP contribution is 2.25. The molecule has 2 rings (SSSR count). The maximum atomic E-state index is 9.82. The number of hydrogen-bond donors (Lipinski definition) is 4. The first kappa shape index (κ1) is 12.5. The summed E-state index contributed by atoms with van der Waals surface area (Å²) in [4.78, 5) is 0. The second kappa shape index (κ2) is 5.16. The van der Waals surface area contributed by atoms with Crippen LogP contribution in [0.1, 0.15) is 0 Å². The van der Waals surface area contributed by atoms with Gasteiger partial charge in [0.25, 0.3) is 0 Å². The van der Waals surface area contributed by atoms with Crippen molar-refractivity contribution in [2.24, 2.45) is 0 Å². The Kier molecular flexibility index (Phi) is 3.80. The molecule has 0 radical (unpaired) electrons. The summed E-state index contributed by atoms with van der Waals surface area (Å²) < 4.78 is 10.6. The van der Waals surface area contributed by atoms with Crippen molar-refractivity contribution in [1.29, 1.82) is 0 Å². The molecule has 6 nitrogen and oxygen atoms in total. The quantitative estimate of drug-likeness (QED) is 0.462. The van der Waals surface area contributed by atoms with Crippen LogP contribution in [-0.2, 0) is 9.47 Å². The SMILES string of the molecule is OC[C@H]1OC(C2C=CC=CO2)[C@@H](O)[C@@H](O)[C@@H]1O. The van der Waals surface area contributed by atoms with Crippen LogP contribution in [0.25, 0.3) is 0 Å². The zero-order valence-electron chi connectivity index (χ0n) is 9.09. The van der Waals surface area contributed by atoms with E-state index in [2.05, 4.69) is 0 Å². The molecule has 0 bridgehead atoms. The largest absolute Gasteiger partial charge is 0.491 e. The highest BCUT2D eigenvalue weighted by Gasteiger charge is 2.46. The Morgan fingerprint density at radius 1 is 1.00 bits per heavy atom. The van der Waals surface area contributed by atoms with Crippen LogP contribution in [-0.4, -0.2) is 63.7 Å². The highest BCUT2D eigenvalue weighted by atomic mass is 16.6.